The zero-order chi connectivity index (χ0) is 18.3. The molecule has 132 valence electrons. The van der Waals surface area contributed by atoms with Crippen molar-refractivity contribution in [2.75, 3.05) is 20.2 Å². The average molecular weight is 341 g/mol. The van der Waals surface area contributed by atoms with Crippen LogP contribution < -0.4 is 0 Å². The van der Waals surface area contributed by atoms with Crippen LogP contribution in [-0.2, 0) is 19.9 Å². The Morgan fingerprint density at radius 3 is 1.92 bits per heavy atom. The minimum atomic E-state index is -1.81. The molecule has 0 spiro atoms. The van der Waals surface area contributed by atoms with Gasteiger partial charge in [0, 0.05) is 13.6 Å². The van der Waals surface area contributed by atoms with Crippen LogP contribution in [0, 0.1) is 0 Å². The summed E-state index contributed by atoms with van der Waals surface area (Å²) in [6, 6.07) is 17.6. The Kier molecular flexibility index (Phi) is 6.31. The molecule has 1 amide bonds. The first-order valence-corrected chi connectivity index (χ1v) is 8.24. The molecule has 5 heteroatoms. The Balaban J connectivity index is 2.30. The predicted molar refractivity (Wildman–Crippen MR) is 94.8 cm³/mol. The van der Waals surface area contributed by atoms with E-state index in [-0.39, 0.29) is 18.9 Å². The highest BCUT2D eigenvalue weighted by Gasteiger charge is 2.41. The third-order valence-electron chi connectivity index (χ3n) is 4.00. The van der Waals surface area contributed by atoms with Gasteiger partial charge in [-0.2, -0.15) is 0 Å². The first kappa shape index (κ1) is 18.7. The summed E-state index contributed by atoms with van der Waals surface area (Å²) in [5.74, 6) is -0.862. The Morgan fingerprint density at radius 2 is 1.48 bits per heavy atom. The maximum Gasteiger partial charge on any atom is 0.307 e. The van der Waals surface area contributed by atoms with Crippen molar-refractivity contribution in [3.8, 4) is 0 Å². The zero-order valence-electron chi connectivity index (χ0n) is 14.5. The van der Waals surface area contributed by atoms with E-state index in [2.05, 4.69) is 0 Å². The largest absolute Gasteiger partial charge is 0.466 e. The first-order chi connectivity index (χ1) is 12.0. The molecular weight excluding hydrogens is 318 g/mol. The second-order valence-corrected chi connectivity index (χ2v) is 5.72. The number of nitrogens with zero attached hydrogens (tertiary/aromatic N) is 1. The number of amides is 1. The van der Waals surface area contributed by atoms with Crippen LogP contribution in [0.15, 0.2) is 60.7 Å². The maximum absolute atomic E-state index is 13.1. The summed E-state index contributed by atoms with van der Waals surface area (Å²) in [7, 11) is 1.57. The van der Waals surface area contributed by atoms with Crippen molar-refractivity contribution in [2.24, 2.45) is 0 Å². The Hall–Kier alpha value is -2.66. The fourth-order valence-electron chi connectivity index (χ4n) is 2.64. The number of hydrogen-bond acceptors (Lipinski definition) is 4. The molecule has 0 aliphatic heterocycles. The smallest absolute Gasteiger partial charge is 0.307 e. The fourth-order valence-corrected chi connectivity index (χ4v) is 2.64. The third kappa shape index (κ3) is 4.25. The Labute approximate surface area is 147 Å². The van der Waals surface area contributed by atoms with E-state index in [1.54, 1.807) is 62.5 Å². The molecule has 2 aromatic rings. The summed E-state index contributed by atoms with van der Waals surface area (Å²) in [6.45, 7) is 2.20. The number of esters is 1. The van der Waals surface area contributed by atoms with Gasteiger partial charge >= 0.3 is 5.97 Å². The number of carbonyl (C=O) groups is 2. The minimum absolute atomic E-state index is 0.0791. The van der Waals surface area contributed by atoms with Gasteiger partial charge in [-0.3, -0.25) is 9.59 Å². The van der Waals surface area contributed by atoms with Gasteiger partial charge in [0.15, 0.2) is 5.60 Å². The number of benzene rings is 2. The van der Waals surface area contributed by atoms with Crippen LogP contribution in [0.25, 0.3) is 0 Å². The van der Waals surface area contributed by atoms with E-state index in [1.165, 1.54) is 4.90 Å². The summed E-state index contributed by atoms with van der Waals surface area (Å²) < 4.78 is 4.89. The van der Waals surface area contributed by atoms with E-state index in [0.29, 0.717) is 17.7 Å². The molecule has 0 atom stereocenters. The van der Waals surface area contributed by atoms with Gasteiger partial charge in [-0.15, -0.1) is 0 Å². The van der Waals surface area contributed by atoms with Gasteiger partial charge in [0.2, 0.25) is 0 Å². The fraction of sp³-hybridized carbons (Fsp3) is 0.300. The lowest BCUT2D eigenvalue weighted by atomic mass is 9.85. The molecule has 0 bridgehead atoms. The topological polar surface area (TPSA) is 66.8 Å². The molecule has 0 unspecified atom stereocenters. The van der Waals surface area contributed by atoms with Crippen molar-refractivity contribution in [3.63, 3.8) is 0 Å². The van der Waals surface area contributed by atoms with E-state index in [4.69, 9.17) is 4.74 Å². The molecule has 5 nitrogen and oxygen atoms in total. The van der Waals surface area contributed by atoms with Crippen LogP contribution >= 0.6 is 0 Å². The van der Waals surface area contributed by atoms with Crippen molar-refractivity contribution < 1.29 is 19.4 Å². The lowest BCUT2D eigenvalue weighted by Crippen LogP contribution is -2.46. The van der Waals surface area contributed by atoms with Crippen LogP contribution in [0.4, 0.5) is 0 Å². The highest BCUT2D eigenvalue weighted by atomic mass is 16.5. The number of ether oxygens (including phenoxy) is 1. The molecule has 0 saturated heterocycles. The van der Waals surface area contributed by atoms with Crippen LogP contribution in [0.1, 0.15) is 24.5 Å². The second-order valence-electron chi connectivity index (χ2n) is 5.72. The summed E-state index contributed by atoms with van der Waals surface area (Å²) in [6.07, 6.45) is 0.0791. The quantitative estimate of drug-likeness (QED) is 0.785. The van der Waals surface area contributed by atoms with E-state index in [0.717, 1.165) is 0 Å². The van der Waals surface area contributed by atoms with E-state index >= 15 is 0 Å². The van der Waals surface area contributed by atoms with Gasteiger partial charge in [-0.25, -0.2) is 0 Å². The number of carbonyl (C=O) groups excluding carboxylic acids is 2. The van der Waals surface area contributed by atoms with Crippen molar-refractivity contribution in [3.05, 3.63) is 71.8 Å². The normalized spacial score (nSPS) is 11.0. The molecule has 0 saturated carbocycles. The predicted octanol–water partition coefficient (Wildman–Crippen LogP) is 2.33. The molecule has 2 aromatic carbocycles. The summed E-state index contributed by atoms with van der Waals surface area (Å²) in [4.78, 5) is 26.0. The van der Waals surface area contributed by atoms with Crippen LogP contribution in [0.3, 0.4) is 0 Å². The second kappa shape index (κ2) is 8.44. The number of hydrogen-bond donors (Lipinski definition) is 1. The van der Waals surface area contributed by atoms with E-state index in [1.807, 2.05) is 12.1 Å². The summed E-state index contributed by atoms with van der Waals surface area (Å²) in [5.41, 5.74) is -0.852. The molecule has 0 aliphatic rings. The number of rotatable bonds is 7. The lowest BCUT2D eigenvalue weighted by molar-refractivity contribution is -0.148. The maximum atomic E-state index is 13.1. The molecule has 1 N–H and O–H groups in total. The Morgan fingerprint density at radius 1 is 1.00 bits per heavy atom. The summed E-state index contributed by atoms with van der Waals surface area (Å²) >= 11 is 0. The van der Waals surface area contributed by atoms with Gasteiger partial charge in [-0.1, -0.05) is 60.7 Å². The standard InChI is InChI=1S/C20H23NO4/c1-3-25-18(22)14-15-21(2)19(23)20(24,16-10-6-4-7-11-16)17-12-8-5-9-13-17/h4-13,24H,3,14-15H2,1-2H3. The van der Waals surface area contributed by atoms with Crippen LogP contribution in [-0.4, -0.2) is 42.1 Å². The van der Waals surface area contributed by atoms with Crippen LogP contribution in [0.5, 0.6) is 0 Å². The minimum Gasteiger partial charge on any atom is -0.466 e. The molecule has 0 fully saturated rings. The third-order valence-corrected chi connectivity index (χ3v) is 4.00. The van der Waals surface area contributed by atoms with Crippen LogP contribution in [0.2, 0.25) is 0 Å². The molecule has 0 aliphatic carbocycles. The van der Waals surface area contributed by atoms with Crippen molar-refractivity contribution in [1.82, 2.24) is 4.90 Å². The van der Waals surface area contributed by atoms with Crippen molar-refractivity contribution in [2.45, 2.75) is 18.9 Å². The Bertz CT molecular complexity index is 661. The molecule has 2 rings (SSSR count). The first-order valence-electron chi connectivity index (χ1n) is 8.24. The van der Waals surface area contributed by atoms with E-state index in [9.17, 15) is 14.7 Å². The number of aliphatic hydroxyl groups is 1. The molecule has 0 heterocycles. The highest BCUT2D eigenvalue weighted by molar-refractivity contribution is 5.90. The number of likely N-dealkylation sites (N-methyl/N-ethyl adjacent to an activating group) is 1. The van der Waals surface area contributed by atoms with E-state index < -0.39 is 11.5 Å². The van der Waals surface area contributed by atoms with Crippen molar-refractivity contribution >= 4 is 11.9 Å². The van der Waals surface area contributed by atoms with Gasteiger partial charge in [-0.05, 0) is 18.1 Å². The monoisotopic (exact) mass is 341 g/mol. The van der Waals surface area contributed by atoms with Gasteiger partial charge in [0.1, 0.15) is 0 Å². The lowest BCUT2D eigenvalue weighted by Gasteiger charge is -2.32. The molecule has 25 heavy (non-hydrogen) atoms. The highest BCUT2D eigenvalue weighted by Crippen LogP contribution is 2.31. The van der Waals surface area contributed by atoms with Gasteiger partial charge in [0.05, 0.1) is 13.0 Å². The molecule has 0 aromatic heterocycles. The average Bonchev–Trinajstić information content (AvgIpc) is 2.66. The van der Waals surface area contributed by atoms with Gasteiger partial charge in [0.25, 0.3) is 5.91 Å². The van der Waals surface area contributed by atoms with Gasteiger partial charge < -0.3 is 14.7 Å². The molecular formula is C20H23NO4. The SMILES string of the molecule is CCOC(=O)CCN(C)C(=O)C(O)(c1ccccc1)c1ccccc1. The zero-order valence-corrected chi connectivity index (χ0v) is 14.5. The molecule has 0 radical (unpaired) electrons. The summed E-state index contributed by atoms with van der Waals surface area (Å²) in [5, 5.41) is 11.4. The van der Waals surface area contributed by atoms with Crippen molar-refractivity contribution in [1.29, 1.82) is 0 Å².